The van der Waals surface area contributed by atoms with Crippen molar-refractivity contribution in [2.24, 2.45) is 5.73 Å². The Labute approximate surface area is 112 Å². The Kier molecular flexibility index (Phi) is 4.62. The first kappa shape index (κ1) is 12.9. The van der Waals surface area contributed by atoms with Crippen LogP contribution in [0.3, 0.4) is 0 Å². The molecule has 0 aromatic heterocycles. The Morgan fingerprint density at radius 2 is 1.44 bits per heavy atom. The molecular weight excluding hydrogens is 246 g/mol. The van der Waals surface area contributed by atoms with Crippen LogP contribution in [0.5, 0.6) is 11.5 Å². The smallest absolute Gasteiger partial charge is 0.127 e. The number of aryl methyl sites for hydroxylation is 1. The third-order valence-electron chi connectivity index (χ3n) is 2.64. The molecule has 2 nitrogen and oxygen atoms in total. The van der Waals surface area contributed by atoms with Crippen molar-refractivity contribution in [3.05, 3.63) is 59.1 Å². The summed E-state index contributed by atoms with van der Waals surface area (Å²) in [5, 5.41) is 0.708. The highest BCUT2D eigenvalue weighted by molar-refractivity contribution is 6.30. The first-order chi connectivity index (χ1) is 8.78. The molecule has 0 radical (unpaired) electrons. The normalized spacial score (nSPS) is 10.3. The Balaban J connectivity index is 1.99. The zero-order valence-corrected chi connectivity index (χ0v) is 10.9. The molecule has 0 spiro atoms. The van der Waals surface area contributed by atoms with Crippen LogP contribution in [0.25, 0.3) is 0 Å². The van der Waals surface area contributed by atoms with Gasteiger partial charge >= 0.3 is 0 Å². The van der Waals surface area contributed by atoms with E-state index in [4.69, 9.17) is 22.1 Å². The molecule has 0 atom stereocenters. The average molecular weight is 262 g/mol. The van der Waals surface area contributed by atoms with Crippen molar-refractivity contribution in [1.82, 2.24) is 0 Å². The molecule has 0 amide bonds. The van der Waals surface area contributed by atoms with E-state index < -0.39 is 0 Å². The lowest BCUT2D eigenvalue weighted by Gasteiger charge is -2.06. The van der Waals surface area contributed by atoms with Crippen LogP contribution in [-0.4, -0.2) is 6.54 Å². The van der Waals surface area contributed by atoms with Crippen molar-refractivity contribution < 1.29 is 4.74 Å². The van der Waals surface area contributed by atoms with Crippen LogP contribution >= 0.6 is 11.6 Å². The molecule has 0 saturated carbocycles. The van der Waals surface area contributed by atoms with Gasteiger partial charge in [-0.05, 0) is 61.3 Å². The molecule has 2 N–H and O–H groups in total. The highest BCUT2D eigenvalue weighted by Gasteiger charge is 1.98. The first-order valence-corrected chi connectivity index (χ1v) is 6.38. The summed E-state index contributed by atoms with van der Waals surface area (Å²) in [6.07, 6.45) is 2.02. The standard InChI is InChI=1S/C15H16ClNO/c16-13-5-9-15(10-6-13)18-14-7-3-12(4-8-14)2-1-11-17/h3-10H,1-2,11,17H2. The Morgan fingerprint density at radius 3 is 2.00 bits per heavy atom. The SMILES string of the molecule is NCCCc1ccc(Oc2ccc(Cl)cc2)cc1. The van der Waals surface area contributed by atoms with E-state index in [1.165, 1.54) is 5.56 Å². The molecule has 94 valence electrons. The molecule has 2 rings (SSSR count). The number of benzene rings is 2. The van der Waals surface area contributed by atoms with Crippen LogP contribution in [0.1, 0.15) is 12.0 Å². The van der Waals surface area contributed by atoms with Crippen LogP contribution in [0.15, 0.2) is 48.5 Å². The van der Waals surface area contributed by atoms with E-state index in [1.54, 1.807) is 0 Å². The summed E-state index contributed by atoms with van der Waals surface area (Å²) in [7, 11) is 0. The molecule has 0 fully saturated rings. The maximum absolute atomic E-state index is 5.82. The minimum Gasteiger partial charge on any atom is -0.457 e. The molecule has 2 aromatic rings. The minimum absolute atomic E-state index is 0.708. The molecule has 0 bridgehead atoms. The van der Waals surface area contributed by atoms with Crippen LogP contribution in [0.2, 0.25) is 5.02 Å². The minimum atomic E-state index is 0.708. The van der Waals surface area contributed by atoms with E-state index in [9.17, 15) is 0 Å². The van der Waals surface area contributed by atoms with E-state index in [0.29, 0.717) is 5.02 Å². The lowest BCUT2D eigenvalue weighted by atomic mass is 10.1. The van der Waals surface area contributed by atoms with E-state index in [0.717, 1.165) is 30.9 Å². The molecule has 0 saturated heterocycles. The van der Waals surface area contributed by atoms with Gasteiger partial charge in [-0.15, -0.1) is 0 Å². The van der Waals surface area contributed by atoms with Crippen LogP contribution < -0.4 is 10.5 Å². The van der Waals surface area contributed by atoms with Crippen LogP contribution in [-0.2, 0) is 6.42 Å². The van der Waals surface area contributed by atoms with Crippen molar-refractivity contribution in [2.45, 2.75) is 12.8 Å². The van der Waals surface area contributed by atoms with Gasteiger partial charge in [0.2, 0.25) is 0 Å². The van der Waals surface area contributed by atoms with Gasteiger partial charge in [-0.25, -0.2) is 0 Å². The van der Waals surface area contributed by atoms with E-state index in [-0.39, 0.29) is 0 Å². The van der Waals surface area contributed by atoms with Crippen molar-refractivity contribution in [1.29, 1.82) is 0 Å². The molecule has 0 unspecified atom stereocenters. The average Bonchev–Trinajstić information content (AvgIpc) is 2.41. The van der Waals surface area contributed by atoms with Gasteiger partial charge in [-0.3, -0.25) is 0 Å². The van der Waals surface area contributed by atoms with E-state index in [1.807, 2.05) is 36.4 Å². The molecule has 3 heteroatoms. The van der Waals surface area contributed by atoms with Gasteiger partial charge in [0.15, 0.2) is 0 Å². The van der Waals surface area contributed by atoms with Crippen molar-refractivity contribution in [3.8, 4) is 11.5 Å². The summed E-state index contributed by atoms with van der Waals surface area (Å²) >= 11 is 5.82. The number of nitrogens with two attached hydrogens (primary N) is 1. The van der Waals surface area contributed by atoms with Crippen LogP contribution in [0, 0.1) is 0 Å². The molecule has 0 aliphatic carbocycles. The summed E-state index contributed by atoms with van der Waals surface area (Å²) in [4.78, 5) is 0. The summed E-state index contributed by atoms with van der Waals surface area (Å²) in [6, 6.07) is 15.4. The Hall–Kier alpha value is -1.51. The topological polar surface area (TPSA) is 35.2 Å². The van der Waals surface area contributed by atoms with Crippen molar-refractivity contribution >= 4 is 11.6 Å². The third kappa shape index (κ3) is 3.76. The Bertz CT molecular complexity index is 479. The van der Waals surface area contributed by atoms with Gasteiger partial charge < -0.3 is 10.5 Å². The summed E-state index contributed by atoms with van der Waals surface area (Å²) in [5.74, 6) is 1.61. The van der Waals surface area contributed by atoms with E-state index >= 15 is 0 Å². The fourth-order valence-corrected chi connectivity index (χ4v) is 1.80. The highest BCUT2D eigenvalue weighted by Crippen LogP contribution is 2.23. The van der Waals surface area contributed by atoms with Gasteiger partial charge in [-0.2, -0.15) is 0 Å². The van der Waals surface area contributed by atoms with Gasteiger partial charge in [-0.1, -0.05) is 23.7 Å². The van der Waals surface area contributed by atoms with Gasteiger partial charge in [0.1, 0.15) is 11.5 Å². The molecule has 0 heterocycles. The van der Waals surface area contributed by atoms with E-state index in [2.05, 4.69) is 12.1 Å². The summed E-state index contributed by atoms with van der Waals surface area (Å²) in [6.45, 7) is 0.725. The lowest BCUT2D eigenvalue weighted by molar-refractivity contribution is 0.482. The largest absolute Gasteiger partial charge is 0.457 e. The fraction of sp³-hybridized carbons (Fsp3) is 0.200. The molecule has 0 aliphatic rings. The summed E-state index contributed by atoms with van der Waals surface area (Å²) in [5.41, 5.74) is 6.77. The monoisotopic (exact) mass is 261 g/mol. The Morgan fingerprint density at radius 1 is 0.889 bits per heavy atom. The third-order valence-corrected chi connectivity index (χ3v) is 2.89. The maximum Gasteiger partial charge on any atom is 0.127 e. The predicted molar refractivity (Wildman–Crippen MR) is 75.3 cm³/mol. The number of halogens is 1. The molecular formula is C15H16ClNO. The molecule has 18 heavy (non-hydrogen) atoms. The number of rotatable bonds is 5. The zero-order valence-electron chi connectivity index (χ0n) is 10.1. The summed E-state index contributed by atoms with van der Waals surface area (Å²) < 4.78 is 5.71. The quantitative estimate of drug-likeness (QED) is 0.882. The number of ether oxygens (including phenoxy) is 1. The van der Waals surface area contributed by atoms with Crippen molar-refractivity contribution in [2.75, 3.05) is 6.54 Å². The first-order valence-electron chi connectivity index (χ1n) is 6.00. The number of hydrogen-bond acceptors (Lipinski definition) is 2. The molecule has 0 aliphatic heterocycles. The fourth-order valence-electron chi connectivity index (χ4n) is 1.67. The van der Waals surface area contributed by atoms with Gasteiger partial charge in [0.25, 0.3) is 0 Å². The number of hydrogen-bond donors (Lipinski definition) is 1. The second kappa shape index (κ2) is 6.43. The predicted octanol–water partition coefficient (Wildman–Crippen LogP) is 4.02. The van der Waals surface area contributed by atoms with Crippen molar-refractivity contribution in [3.63, 3.8) is 0 Å². The highest BCUT2D eigenvalue weighted by atomic mass is 35.5. The maximum atomic E-state index is 5.82. The van der Waals surface area contributed by atoms with Gasteiger partial charge in [0, 0.05) is 5.02 Å². The second-order valence-corrected chi connectivity index (χ2v) is 4.53. The molecule has 2 aromatic carbocycles. The second-order valence-electron chi connectivity index (χ2n) is 4.09. The zero-order chi connectivity index (χ0) is 12.8. The van der Waals surface area contributed by atoms with Gasteiger partial charge in [0.05, 0.1) is 0 Å². The lowest BCUT2D eigenvalue weighted by Crippen LogP contribution is -2.00. The van der Waals surface area contributed by atoms with Crippen LogP contribution in [0.4, 0.5) is 0 Å².